The van der Waals surface area contributed by atoms with E-state index in [0.717, 1.165) is 37.7 Å². The van der Waals surface area contributed by atoms with Gasteiger partial charge in [-0.05, 0) is 50.8 Å². The van der Waals surface area contributed by atoms with Crippen LogP contribution in [0.25, 0.3) is 0 Å². The predicted molar refractivity (Wildman–Crippen MR) is 95.6 cm³/mol. The van der Waals surface area contributed by atoms with Crippen molar-refractivity contribution >= 4 is 15.9 Å². The average molecular weight is 353 g/mol. The molecule has 1 aliphatic heterocycles. The maximum absolute atomic E-state index is 12.8. The van der Waals surface area contributed by atoms with Crippen molar-refractivity contribution in [1.29, 1.82) is 0 Å². The third kappa shape index (κ3) is 4.36. The topological polar surface area (TPSA) is 66.5 Å². The SMILES string of the molecule is CCC[C@@H](C)NC(=O)c1cc(S(=O)(=O)N2CCCCC2)ccc1C. The van der Waals surface area contributed by atoms with Gasteiger partial charge in [-0.1, -0.05) is 25.8 Å². The molecular formula is C18H28N2O3S. The van der Waals surface area contributed by atoms with Gasteiger partial charge in [-0.15, -0.1) is 0 Å². The summed E-state index contributed by atoms with van der Waals surface area (Å²) >= 11 is 0. The average Bonchev–Trinajstić information content (AvgIpc) is 2.56. The van der Waals surface area contributed by atoms with E-state index in [1.807, 2.05) is 13.8 Å². The second-order valence-corrected chi connectivity index (χ2v) is 8.54. The molecule has 5 nitrogen and oxygen atoms in total. The Morgan fingerprint density at radius 3 is 2.54 bits per heavy atom. The molecule has 1 N–H and O–H groups in total. The zero-order valence-electron chi connectivity index (χ0n) is 14.8. The normalized spacial score (nSPS) is 17.5. The number of aryl methyl sites for hydroxylation is 1. The number of hydrogen-bond donors (Lipinski definition) is 1. The highest BCUT2D eigenvalue weighted by molar-refractivity contribution is 7.89. The molecule has 1 amide bonds. The zero-order valence-corrected chi connectivity index (χ0v) is 15.7. The van der Waals surface area contributed by atoms with E-state index in [1.165, 1.54) is 10.4 Å². The lowest BCUT2D eigenvalue weighted by Gasteiger charge is -2.26. The molecule has 0 spiro atoms. The predicted octanol–water partition coefficient (Wildman–Crippen LogP) is 3.09. The van der Waals surface area contributed by atoms with Crippen LogP contribution in [-0.2, 0) is 10.0 Å². The lowest BCUT2D eigenvalue weighted by Crippen LogP contribution is -2.36. The lowest BCUT2D eigenvalue weighted by molar-refractivity contribution is 0.0937. The van der Waals surface area contributed by atoms with Gasteiger partial charge in [0.1, 0.15) is 0 Å². The molecule has 134 valence electrons. The Kier molecular flexibility index (Phi) is 6.40. The Labute approximate surface area is 145 Å². The molecule has 0 saturated carbocycles. The standard InChI is InChI=1S/C18H28N2O3S/c1-4-8-15(3)19-18(21)17-13-16(10-9-14(17)2)24(22,23)20-11-6-5-7-12-20/h9-10,13,15H,4-8,11-12H2,1-3H3,(H,19,21)/t15-/m1/s1. The van der Waals surface area contributed by atoms with Gasteiger partial charge in [-0.25, -0.2) is 8.42 Å². The third-order valence-electron chi connectivity index (χ3n) is 4.51. The maximum Gasteiger partial charge on any atom is 0.251 e. The number of amides is 1. The van der Waals surface area contributed by atoms with Gasteiger partial charge in [-0.3, -0.25) is 4.79 Å². The Bertz CT molecular complexity index is 680. The van der Waals surface area contributed by atoms with Gasteiger partial charge in [0.15, 0.2) is 0 Å². The van der Waals surface area contributed by atoms with Gasteiger partial charge in [-0.2, -0.15) is 4.31 Å². The van der Waals surface area contributed by atoms with Crippen LogP contribution in [0.15, 0.2) is 23.1 Å². The van der Waals surface area contributed by atoms with E-state index in [1.54, 1.807) is 12.1 Å². The first-order valence-corrected chi connectivity index (χ1v) is 10.2. The van der Waals surface area contributed by atoms with Crippen molar-refractivity contribution in [3.63, 3.8) is 0 Å². The first-order chi connectivity index (χ1) is 11.4. The molecule has 1 heterocycles. The van der Waals surface area contributed by atoms with Crippen molar-refractivity contribution in [2.75, 3.05) is 13.1 Å². The number of carbonyl (C=O) groups excluding carboxylic acids is 1. The van der Waals surface area contributed by atoms with E-state index in [9.17, 15) is 13.2 Å². The van der Waals surface area contributed by atoms with Crippen molar-refractivity contribution in [2.24, 2.45) is 0 Å². The number of piperidine rings is 1. The zero-order chi connectivity index (χ0) is 17.7. The van der Waals surface area contributed by atoms with Crippen molar-refractivity contribution in [2.45, 2.75) is 63.8 Å². The number of rotatable bonds is 6. The Morgan fingerprint density at radius 1 is 1.25 bits per heavy atom. The van der Waals surface area contributed by atoms with E-state index in [4.69, 9.17) is 0 Å². The van der Waals surface area contributed by atoms with Gasteiger partial charge in [0.2, 0.25) is 10.0 Å². The summed E-state index contributed by atoms with van der Waals surface area (Å²) in [4.78, 5) is 12.7. The van der Waals surface area contributed by atoms with Crippen LogP contribution in [0.4, 0.5) is 0 Å². The summed E-state index contributed by atoms with van der Waals surface area (Å²) in [7, 11) is -3.52. The number of benzene rings is 1. The maximum atomic E-state index is 12.8. The van der Waals surface area contributed by atoms with Crippen molar-refractivity contribution < 1.29 is 13.2 Å². The van der Waals surface area contributed by atoms with E-state index in [2.05, 4.69) is 12.2 Å². The number of hydrogen-bond acceptors (Lipinski definition) is 3. The molecule has 1 saturated heterocycles. The van der Waals surface area contributed by atoms with E-state index in [0.29, 0.717) is 18.7 Å². The van der Waals surface area contributed by atoms with Crippen LogP contribution in [-0.4, -0.2) is 37.8 Å². The highest BCUT2D eigenvalue weighted by Crippen LogP contribution is 2.23. The van der Waals surface area contributed by atoms with Crippen LogP contribution in [0.2, 0.25) is 0 Å². The van der Waals surface area contributed by atoms with Crippen molar-refractivity contribution in [1.82, 2.24) is 9.62 Å². The summed E-state index contributed by atoms with van der Waals surface area (Å²) in [6, 6.07) is 4.92. The van der Waals surface area contributed by atoms with Crippen LogP contribution in [0, 0.1) is 6.92 Å². The Hall–Kier alpha value is -1.40. The first kappa shape index (κ1) is 18.9. The number of carbonyl (C=O) groups is 1. The molecule has 1 aliphatic rings. The van der Waals surface area contributed by atoms with Crippen LogP contribution in [0.1, 0.15) is 61.9 Å². The molecule has 1 aromatic rings. The second kappa shape index (κ2) is 8.12. The Morgan fingerprint density at radius 2 is 1.92 bits per heavy atom. The van der Waals surface area contributed by atoms with Gasteiger partial charge in [0.05, 0.1) is 4.90 Å². The fraction of sp³-hybridized carbons (Fsp3) is 0.611. The quantitative estimate of drug-likeness (QED) is 0.855. The van der Waals surface area contributed by atoms with E-state index >= 15 is 0 Å². The molecular weight excluding hydrogens is 324 g/mol. The third-order valence-corrected chi connectivity index (χ3v) is 6.40. The number of sulfonamides is 1. The van der Waals surface area contributed by atoms with Crippen LogP contribution in [0.5, 0.6) is 0 Å². The second-order valence-electron chi connectivity index (χ2n) is 6.60. The number of nitrogens with zero attached hydrogens (tertiary/aromatic N) is 1. The molecule has 0 bridgehead atoms. The Balaban J connectivity index is 2.26. The fourth-order valence-electron chi connectivity index (χ4n) is 3.07. The van der Waals surface area contributed by atoms with Crippen LogP contribution in [0.3, 0.4) is 0 Å². The fourth-order valence-corrected chi connectivity index (χ4v) is 4.61. The van der Waals surface area contributed by atoms with Crippen molar-refractivity contribution in [3.05, 3.63) is 29.3 Å². The summed E-state index contributed by atoms with van der Waals surface area (Å²) in [6.45, 7) is 6.98. The van der Waals surface area contributed by atoms with Crippen LogP contribution >= 0.6 is 0 Å². The summed E-state index contributed by atoms with van der Waals surface area (Å²) < 4.78 is 27.1. The van der Waals surface area contributed by atoms with E-state index in [-0.39, 0.29) is 16.8 Å². The summed E-state index contributed by atoms with van der Waals surface area (Å²) in [5.41, 5.74) is 1.23. The smallest absolute Gasteiger partial charge is 0.251 e. The molecule has 1 aromatic carbocycles. The van der Waals surface area contributed by atoms with Gasteiger partial charge in [0, 0.05) is 24.7 Å². The summed E-state index contributed by atoms with van der Waals surface area (Å²) in [5.74, 6) is -0.204. The molecule has 24 heavy (non-hydrogen) atoms. The molecule has 0 aliphatic carbocycles. The first-order valence-electron chi connectivity index (χ1n) is 8.78. The van der Waals surface area contributed by atoms with Gasteiger partial charge in [0.25, 0.3) is 5.91 Å². The molecule has 2 rings (SSSR count). The minimum atomic E-state index is -3.52. The largest absolute Gasteiger partial charge is 0.350 e. The minimum absolute atomic E-state index is 0.0734. The highest BCUT2D eigenvalue weighted by atomic mass is 32.2. The molecule has 0 unspecified atom stereocenters. The van der Waals surface area contributed by atoms with Gasteiger partial charge >= 0.3 is 0 Å². The lowest BCUT2D eigenvalue weighted by atomic mass is 10.1. The highest BCUT2D eigenvalue weighted by Gasteiger charge is 2.27. The number of nitrogens with one attached hydrogen (secondary N) is 1. The monoisotopic (exact) mass is 352 g/mol. The molecule has 0 radical (unpaired) electrons. The summed E-state index contributed by atoms with van der Waals surface area (Å²) in [6.07, 6.45) is 4.75. The van der Waals surface area contributed by atoms with Crippen molar-refractivity contribution in [3.8, 4) is 0 Å². The molecule has 0 aromatic heterocycles. The molecule has 6 heteroatoms. The minimum Gasteiger partial charge on any atom is -0.350 e. The van der Waals surface area contributed by atoms with Gasteiger partial charge < -0.3 is 5.32 Å². The summed E-state index contributed by atoms with van der Waals surface area (Å²) in [5, 5.41) is 2.95. The molecule has 1 atom stereocenters. The molecule has 1 fully saturated rings. The van der Waals surface area contributed by atoms with E-state index < -0.39 is 10.0 Å². The van der Waals surface area contributed by atoms with Crippen LogP contribution < -0.4 is 5.32 Å².